The Kier molecular flexibility index (Phi) is 3.85. The Morgan fingerprint density at radius 3 is 3.00 bits per heavy atom. The molecule has 1 N–H and O–H groups in total. The predicted molar refractivity (Wildman–Crippen MR) is 75.8 cm³/mol. The van der Waals surface area contributed by atoms with E-state index in [9.17, 15) is 9.59 Å². The fraction of sp³-hybridized carbons (Fsp3) is 0.400. The molecule has 0 aliphatic carbocycles. The van der Waals surface area contributed by atoms with Crippen LogP contribution < -0.4 is 5.56 Å². The molecule has 3 heterocycles. The average molecular weight is 287 g/mol. The van der Waals surface area contributed by atoms with Crippen LogP contribution in [-0.2, 0) is 0 Å². The zero-order chi connectivity index (χ0) is 14.7. The molecule has 1 amide bonds. The van der Waals surface area contributed by atoms with Crippen LogP contribution in [0, 0.1) is 0 Å². The molecule has 0 aromatic carbocycles. The highest BCUT2D eigenvalue weighted by Crippen LogP contribution is 2.31. The van der Waals surface area contributed by atoms with Gasteiger partial charge in [0.15, 0.2) is 0 Å². The van der Waals surface area contributed by atoms with Gasteiger partial charge in [0.1, 0.15) is 11.5 Å². The molecule has 3 rings (SSSR count). The molecular weight excluding hydrogens is 270 g/mol. The molecule has 2 aromatic heterocycles. The van der Waals surface area contributed by atoms with Crippen molar-refractivity contribution in [3.8, 4) is 0 Å². The molecule has 0 unspecified atom stereocenters. The predicted octanol–water partition coefficient (Wildman–Crippen LogP) is 2.12. The number of hydrogen-bond acceptors (Lipinski definition) is 4. The van der Waals surface area contributed by atoms with Gasteiger partial charge in [0.05, 0.1) is 18.5 Å². The number of furan rings is 1. The maximum atomic E-state index is 12.7. The Hall–Kier alpha value is -2.37. The molecule has 0 saturated carbocycles. The molecule has 1 saturated heterocycles. The molecule has 0 bridgehead atoms. The Balaban J connectivity index is 1.90. The number of amides is 1. The summed E-state index contributed by atoms with van der Waals surface area (Å²) in [6.45, 7) is 0.672. The van der Waals surface area contributed by atoms with Crippen molar-refractivity contribution in [1.82, 2.24) is 14.9 Å². The van der Waals surface area contributed by atoms with E-state index in [0.29, 0.717) is 6.54 Å². The van der Waals surface area contributed by atoms with Gasteiger partial charge in [-0.1, -0.05) is 12.8 Å². The molecule has 6 heteroatoms. The number of likely N-dealkylation sites (tertiary alicyclic amines) is 1. The van der Waals surface area contributed by atoms with Gasteiger partial charge in [0.2, 0.25) is 0 Å². The smallest absolute Gasteiger partial charge is 0.274 e. The minimum absolute atomic E-state index is 0.0660. The second-order valence-electron chi connectivity index (χ2n) is 5.18. The number of hydrogen-bond donors (Lipinski definition) is 1. The number of nitrogens with one attached hydrogen (secondary N) is 1. The Morgan fingerprint density at radius 1 is 1.38 bits per heavy atom. The van der Waals surface area contributed by atoms with Crippen molar-refractivity contribution in [2.75, 3.05) is 6.54 Å². The first-order valence-electron chi connectivity index (χ1n) is 7.15. The summed E-state index contributed by atoms with van der Waals surface area (Å²) in [6, 6.07) is 3.67. The van der Waals surface area contributed by atoms with E-state index >= 15 is 0 Å². The molecule has 2 aromatic rings. The second kappa shape index (κ2) is 5.95. The van der Waals surface area contributed by atoms with E-state index in [0.717, 1.165) is 37.6 Å². The van der Waals surface area contributed by atoms with Crippen molar-refractivity contribution in [1.29, 1.82) is 0 Å². The first kappa shape index (κ1) is 13.6. The van der Waals surface area contributed by atoms with Crippen molar-refractivity contribution in [3.63, 3.8) is 0 Å². The van der Waals surface area contributed by atoms with Gasteiger partial charge in [0.25, 0.3) is 11.5 Å². The number of aromatic amines is 1. The topological polar surface area (TPSA) is 79.2 Å². The Labute approximate surface area is 121 Å². The number of carbonyl (C=O) groups excluding carboxylic acids is 1. The zero-order valence-corrected chi connectivity index (χ0v) is 11.6. The molecule has 110 valence electrons. The third-order valence-electron chi connectivity index (χ3n) is 3.78. The van der Waals surface area contributed by atoms with Crippen LogP contribution in [0.4, 0.5) is 0 Å². The third kappa shape index (κ3) is 2.89. The summed E-state index contributed by atoms with van der Waals surface area (Å²) in [7, 11) is 0. The lowest BCUT2D eigenvalue weighted by atomic mass is 10.1. The van der Waals surface area contributed by atoms with Gasteiger partial charge in [-0.15, -0.1) is 0 Å². The number of aromatic nitrogens is 2. The van der Waals surface area contributed by atoms with E-state index in [4.69, 9.17) is 4.42 Å². The Bertz CT molecular complexity index is 643. The summed E-state index contributed by atoms with van der Waals surface area (Å²) in [4.78, 5) is 32.0. The molecule has 0 radical (unpaired) electrons. The van der Waals surface area contributed by atoms with Crippen molar-refractivity contribution in [2.45, 2.75) is 31.7 Å². The van der Waals surface area contributed by atoms with Gasteiger partial charge >= 0.3 is 0 Å². The van der Waals surface area contributed by atoms with Crippen LogP contribution in [0.1, 0.15) is 48.0 Å². The van der Waals surface area contributed by atoms with Crippen LogP contribution in [0.25, 0.3) is 0 Å². The lowest BCUT2D eigenvalue weighted by molar-refractivity contribution is 0.0652. The van der Waals surface area contributed by atoms with Crippen molar-refractivity contribution < 1.29 is 9.21 Å². The molecule has 1 fully saturated rings. The van der Waals surface area contributed by atoms with E-state index in [1.54, 1.807) is 11.2 Å². The summed E-state index contributed by atoms with van der Waals surface area (Å²) in [5.41, 5.74) is -0.0574. The lowest BCUT2D eigenvalue weighted by Crippen LogP contribution is -2.35. The van der Waals surface area contributed by atoms with Crippen molar-refractivity contribution >= 4 is 5.91 Å². The van der Waals surface area contributed by atoms with E-state index < -0.39 is 0 Å². The number of rotatable bonds is 2. The highest BCUT2D eigenvalue weighted by Gasteiger charge is 2.29. The number of carbonyl (C=O) groups is 1. The van der Waals surface area contributed by atoms with Crippen LogP contribution >= 0.6 is 0 Å². The normalized spacial score (nSPS) is 19.2. The van der Waals surface area contributed by atoms with Gasteiger partial charge < -0.3 is 14.3 Å². The van der Waals surface area contributed by atoms with E-state index in [1.165, 1.54) is 6.20 Å². The van der Waals surface area contributed by atoms with E-state index in [-0.39, 0.29) is 23.2 Å². The number of H-pyrrole nitrogens is 1. The highest BCUT2D eigenvalue weighted by atomic mass is 16.3. The molecule has 0 spiro atoms. The van der Waals surface area contributed by atoms with Gasteiger partial charge in [-0.2, -0.15) is 0 Å². The SMILES string of the molecule is O=C(c1c[nH]c(=O)cn1)N1CCCCC[C@@H]1c1ccco1. The van der Waals surface area contributed by atoms with Crippen LogP contribution in [-0.4, -0.2) is 27.3 Å². The highest BCUT2D eigenvalue weighted by molar-refractivity contribution is 5.92. The van der Waals surface area contributed by atoms with Crippen LogP contribution in [0.5, 0.6) is 0 Å². The molecule has 1 atom stereocenters. The van der Waals surface area contributed by atoms with Crippen molar-refractivity contribution in [3.05, 3.63) is 52.6 Å². The van der Waals surface area contributed by atoms with Crippen LogP contribution in [0.15, 0.2) is 40.0 Å². The average Bonchev–Trinajstić information content (AvgIpc) is 2.92. The largest absolute Gasteiger partial charge is 0.467 e. The molecule has 1 aliphatic heterocycles. The van der Waals surface area contributed by atoms with Gasteiger partial charge in [-0.25, -0.2) is 4.98 Å². The zero-order valence-electron chi connectivity index (χ0n) is 11.6. The van der Waals surface area contributed by atoms with E-state index in [1.807, 2.05) is 12.1 Å². The summed E-state index contributed by atoms with van der Waals surface area (Å²) in [5, 5.41) is 0. The van der Waals surface area contributed by atoms with Crippen LogP contribution in [0.3, 0.4) is 0 Å². The molecule has 1 aliphatic rings. The molecular formula is C15H17N3O3. The summed E-state index contributed by atoms with van der Waals surface area (Å²) in [5.74, 6) is 0.629. The van der Waals surface area contributed by atoms with Gasteiger partial charge in [0, 0.05) is 12.7 Å². The monoisotopic (exact) mass is 287 g/mol. The second-order valence-corrected chi connectivity index (χ2v) is 5.18. The summed E-state index contributed by atoms with van der Waals surface area (Å²) >= 11 is 0. The first-order valence-corrected chi connectivity index (χ1v) is 7.15. The van der Waals surface area contributed by atoms with Crippen molar-refractivity contribution in [2.24, 2.45) is 0 Å². The fourth-order valence-electron chi connectivity index (χ4n) is 2.73. The van der Waals surface area contributed by atoms with Crippen LogP contribution in [0.2, 0.25) is 0 Å². The third-order valence-corrected chi connectivity index (χ3v) is 3.78. The van der Waals surface area contributed by atoms with E-state index in [2.05, 4.69) is 9.97 Å². The van der Waals surface area contributed by atoms with Gasteiger partial charge in [-0.3, -0.25) is 9.59 Å². The molecule has 21 heavy (non-hydrogen) atoms. The minimum atomic E-state index is -0.315. The maximum Gasteiger partial charge on any atom is 0.274 e. The van der Waals surface area contributed by atoms with Gasteiger partial charge in [-0.05, 0) is 25.0 Å². The summed E-state index contributed by atoms with van der Waals surface area (Å²) in [6.07, 6.45) is 8.13. The lowest BCUT2D eigenvalue weighted by Gasteiger charge is -2.28. The Morgan fingerprint density at radius 2 is 2.29 bits per heavy atom. The first-order chi connectivity index (χ1) is 10.3. The summed E-state index contributed by atoms with van der Waals surface area (Å²) < 4.78 is 5.49. The molecule has 6 nitrogen and oxygen atoms in total. The standard InChI is InChI=1S/C15H17N3O3/c19-14-10-16-11(9-17-14)15(20)18-7-3-1-2-5-12(18)13-6-4-8-21-13/h4,6,8-10,12H,1-3,5,7H2,(H,17,19)/t12-/m1/s1. The number of nitrogens with zero attached hydrogens (tertiary/aromatic N) is 2. The minimum Gasteiger partial charge on any atom is -0.467 e. The fourth-order valence-corrected chi connectivity index (χ4v) is 2.73. The maximum absolute atomic E-state index is 12.7. The quantitative estimate of drug-likeness (QED) is 0.917.